The van der Waals surface area contributed by atoms with Crippen LogP contribution in [0.2, 0.25) is 0 Å². The zero-order valence-corrected chi connectivity index (χ0v) is 9.81. The largest absolute Gasteiger partial charge is 0.497 e. The van der Waals surface area contributed by atoms with E-state index in [9.17, 15) is 0 Å². The highest BCUT2D eigenvalue weighted by Gasteiger charge is 1.94. The van der Waals surface area contributed by atoms with Crippen molar-refractivity contribution in [3.63, 3.8) is 0 Å². The molecule has 92 valence electrons. The monoisotopic (exact) mass is 234 g/mol. The van der Waals surface area contributed by atoms with Gasteiger partial charge in [0, 0.05) is 6.54 Å². The van der Waals surface area contributed by atoms with E-state index in [1.54, 1.807) is 13.2 Å². The van der Waals surface area contributed by atoms with Crippen LogP contribution in [0.1, 0.15) is 5.56 Å². The number of benzene rings is 1. The summed E-state index contributed by atoms with van der Waals surface area (Å²) in [6.07, 6.45) is 3.16. The van der Waals surface area contributed by atoms with Crippen LogP contribution in [-0.4, -0.2) is 7.11 Å². The summed E-state index contributed by atoms with van der Waals surface area (Å²) >= 11 is 0. The van der Waals surface area contributed by atoms with E-state index < -0.39 is 0 Å². The van der Waals surface area contributed by atoms with Crippen LogP contribution in [0.25, 0.3) is 0 Å². The van der Waals surface area contributed by atoms with E-state index >= 15 is 0 Å². The molecule has 0 aliphatic heterocycles. The van der Waals surface area contributed by atoms with Gasteiger partial charge in [0.1, 0.15) is 5.75 Å². The topological polar surface area (TPSA) is 99.3 Å². The van der Waals surface area contributed by atoms with Gasteiger partial charge in [0.25, 0.3) is 0 Å². The van der Waals surface area contributed by atoms with Gasteiger partial charge in [0.2, 0.25) is 0 Å². The number of methoxy groups -OCH3 is 1. The van der Waals surface area contributed by atoms with Crippen molar-refractivity contribution >= 4 is 0 Å². The summed E-state index contributed by atoms with van der Waals surface area (Å²) in [7, 11) is 1.64. The van der Waals surface area contributed by atoms with Crippen molar-refractivity contribution in [2.45, 2.75) is 6.54 Å². The molecule has 0 spiro atoms. The summed E-state index contributed by atoms with van der Waals surface area (Å²) in [6.45, 7) is 0.630. The first-order chi connectivity index (χ1) is 8.11. The summed E-state index contributed by atoms with van der Waals surface area (Å²) in [5.74, 6) is 1.56. The third-order valence-corrected chi connectivity index (χ3v) is 2.11. The Kier molecular flexibility index (Phi) is 4.75. The summed E-state index contributed by atoms with van der Waals surface area (Å²) < 4.78 is 5.07. The van der Waals surface area contributed by atoms with Crippen molar-refractivity contribution < 1.29 is 4.74 Å². The lowest BCUT2D eigenvalue weighted by Gasteiger charge is -2.06. The standard InChI is InChI=1S/C12H18N4O/c1-17-10-4-2-9(3-5-10)8-16-12(15)7-6-11(13)14/h2-7,16H,8,13-15H2,1H3/b12-7+. The maximum absolute atomic E-state index is 5.70. The quantitative estimate of drug-likeness (QED) is 0.551. The van der Waals surface area contributed by atoms with Crippen molar-refractivity contribution in [3.8, 4) is 5.75 Å². The van der Waals surface area contributed by atoms with Crippen LogP contribution >= 0.6 is 0 Å². The summed E-state index contributed by atoms with van der Waals surface area (Å²) in [6, 6.07) is 7.72. The molecule has 0 aromatic heterocycles. The molecule has 5 nitrogen and oxygen atoms in total. The highest BCUT2D eigenvalue weighted by Crippen LogP contribution is 2.10. The number of nitrogens with two attached hydrogens (primary N) is 3. The Hall–Kier alpha value is -2.30. The molecular formula is C12H18N4O. The van der Waals surface area contributed by atoms with Crippen LogP contribution in [-0.2, 0) is 6.54 Å². The Morgan fingerprint density at radius 2 is 1.82 bits per heavy atom. The average molecular weight is 234 g/mol. The third kappa shape index (κ3) is 4.83. The Morgan fingerprint density at radius 3 is 2.35 bits per heavy atom. The minimum absolute atomic E-state index is 0.221. The third-order valence-electron chi connectivity index (χ3n) is 2.11. The lowest BCUT2D eigenvalue weighted by Crippen LogP contribution is -2.19. The SMILES string of the molecule is COc1ccc(CN/C(N)=C/C=C(N)N)cc1. The molecule has 0 aliphatic carbocycles. The van der Waals surface area contributed by atoms with Gasteiger partial charge < -0.3 is 27.3 Å². The van der Waals surface area contributed by atoms with Crippen LogP contribution in [0.5, 0.6) is 5.75 Å². The molecule has 7 N–H and O–H groups in total. The van der Waals surface area contributed by atoms with E-state index in [-0.39, 0.29) is 5.82 Å². The fraction of sp³-hybridized carbons (Fsp3) is 0.167. The van der Waals surface area contributed by atoms with Gasteiger partial charge in [-0.2, -0.15) is 0 Å². The number of ether oxygens (including phenoxy) is 1. The lowest BCUT2D eigenvalue weighted by molar-refractivity contribution is 0.414. The van der Waals surface area contributed by atoms with Crippen LogP contribution < -0.4 is 27.3 Å². The first-order valence-corrected chi connectivity index (χ1v) is 5.17. The molecule has 5 heteroatoms. The fourth-order valence-electron chi connectivity index (χ4n) is 1.19. The first-order valence-electron chi connectivity index (χ1n) is 5.17. The molecule has 0 radical (unpaired) electrons. The summed E-state index contributed by atoms with van der Waals surface area (Å²) in [5, 5.41) is 3.03. The van der Waals surface area contributed by atoms with Gasteiger partial charge in [-0.05, 0) is 29.8 Å². The van der Waals surface area contributed by atoms with Crippen molar-refractivity contribution in [1.29, 1.82) is 0 Å². The molecule has 0 saturated carbocycles. The molecule has 0 bridgehead atoms. The van der Waals surface area contributed by atoms with Crippen LogP contribution in [0, 0.1) is 0 Å². The zero-order chi connectivity index (χ0) is 12.7. The van der Waals surface area contributed by atoms with Crippen molar-refractivity contribution in [2.24, 2.45) is 17.2 Å². The second-order valence-electron chi connectivity index (χ2n) is 3.49. The molecule has 1 aromatic rings. The number of allylic oxidation sites excluding steroid dienone is 2. The van der Waals surface area contributed by atoms with Gasteiger partial charge in [-0.25, -0.2) is 0 Å². The van der Waals surface area contributed by atoms with Crippen LogP contribution in [0.4, 0.5) is 0 Å². The highest BCUT2D eigenvalue weighted by molar-refractivity contribution is 5.27. The van der Waals surface area contributed by atoms with E-state index in [1.807, 2.05) is 24.3 Å². The molecule has 0 amide bonds. The van der Waals surface area contributed by atoms with E-state index in [4.69, 9.17) is 21.9 Å². The normalized spacial score (nSPS) is 10.8. The Balaban J connectivity index is 2.49. The molecule has 0 atom stereocenters. The number of rotatable bonds is 5. The molecule has 0 unspecified atom stereocenters. The van der Waals surface area contributed by atoms with E-state index in [0.29, 0.717) is 12.4 Å². The van der Waals surface area contributed by atoms with Gasteiger partial charge in [0.15, 0.2) is 0 Å². The molecule has 0 saturated heterocycles. The Bertz CT molecular complexity index is 405. The van der Waals surface area contributed by atoms with Gasteiger partial charge in [-0.15, -0.1) is 0 Å². The second-order valence-corrected chi connectivity index (χ2v) is 3.49. The first kappa shape index (κ1) is 12.8. The minimum Gasteiger partial charge on any atom is -0.497 e. The van der Waals surface area contributed by atoms with Crippen LogP contribution in [0.15, 0.2) is 48.1 Å². The Labute approximate surface area is 101 Å². The van der Waals surface area contributed by atoms with Crippen molar-refractivity contribution in [1.82, 2.24) is 5.32 Å². The van der Waals surface area contributed by atoms with Gasteiger partial charge >= 0.3 is 0 Å². The average Bonchev–Trinajstić information content (AvgIpc) is 2.34. The minimum atomic E-state index is 0.221. The maximum atomic E-state index is 5.70. The number of hydrogen-bond acceptors (Lipinski definition) is 5. The van der Waals surface area contributed by atoms with Gasteiger partial charge in [-0.1, -0.05) is 12.1 Å². The molecule has 1 aromatic carbocycles. The molecule has 17 heavy (non-hydrogen) atoms. The molecule has 0 fully saturated rings. The van der Waals surface area contributed by atoms with Gasteiger partial charge in [-0.3, -0.25) is 0 Å². The number of nitrogens with one attached hydrogen (secondary N) is 1. The van der Waals surface area contributed by atoms with E-state index in [0.717, 1.165) is 11.3 Å². The summed E-state index contributed by atoms with van der Waals surface area (Å²) in [4.78, 5) is 0. The lowest BCUT2D eigenvalue weighted by atomic mass is 10.2. The summed E-state index contributed by atoms with van der Waals surface area (Å²) in [5.41, 5.74) is 17.4. The van der Waals surface area contributed by atoms with E-state index in [2.05, 4.69) is 5.32 Å². The van der Waals surface area contributed by atoms with E-state index in [1.165, 1.54) is 6.08 Å². The molecule has 0 heterocycles. The van der Waals surface area contributed by atoms with Crippen molar-refractivity contribution in [2.75, 3.05) is 7.11 Å². The fourth-order valence-corrected chi connectivity index (χ4v) is 1.19. The van der Waals surface area contributed by atoms with Crippen LogP contribution in [0.3, 0.4) is 0 Å². The number of hydrogen-bond donors (Lipinski definition) is 4. The highest BCUT2D eigenvalue weighted by atomic mass is 16.5. The molecule has 0 aliphatic rings. The zero-order valence-electron chi connectivity index (χ0n) is 9.81. The predicted octanol–water partition coefficient (Wildman–Crippen LogP) is 0.344. The van der Waals surface area contributed by atoms with Gasteiger partial charge in [0.05, 0.1) is 18.8 Å². The smallest absolute Gasteiger partial charge is 0.118 e. The molecule has 1 rings (SSSR count). The Morgan fingerprint density at radius 1 is 1.18 bits per heavy atom. The maximum Gasteiger partial charge on any atom is 0.118 e. The molecular weight excluding hydrogens is 216 g/mol. The second kappa shape index (κ2) is 6.32. The predicted molar refractivity (Wildman–Crippen MR) is 68.6 cm³/mol. The van der Waals surface area contributed by atoms with Crippen molar-refractivity contribution in [3.05, 3.63) is 53.6 Å².